The maximum Gasteiger partial charge on any atom is 0.254 e. The zero-order chi connectivity index (χ0) is 16.4. The normalized spacial score (nSPS) is 12.3. The van der Waals surface area contributed by atoms with Crippen LogP contribution >= 0.6 is 22.7 Å². The first-order valence-electron chi connectivity index (χ1n) is 7.21. The first-order valence-corrected chi connectivity index (χ1v) is 8.91. The Hall–Kier alpha value is -1.89. The number of thiophene rings is 2. The number of hydrogen-bond acceptors (Lipinski definition) is 5. The van der Waals surface area contributed by atoms with Crippen LogP contribution < -0.4 is 5.32 Å². The molecule has 0 aromatic carbocycles. The minimum Gasteiger partial charge on any atom is -0.466 e. The molecule has 3 heterocycles. The second-order valence-corrected chi connectivity index (χ2v) is 7.30. The van der Waals surface area contributed by atoms with Crippen molar-refractivity contribution in [2.24, 2.45) is 0 Å². The average molecular weight is 347 g/mol. The van der Waals surface area contributed by atoms with Crippen LogP contribution in [0.4, 0.5) is 0 Å². The molecule has 0 saturated carbocycles. The topological polar surface area (TPSA) is 62.5 Å². The highest BCUT2D eigenvalue weighted by atomic mass is 32.1. The van der Waals surface area contributed by atoms with Crippen molar-refractivity contribution in [1.82, 2.24) is 5.32 Å². The number of carbonyl (C=O) groups excluding carboxylic acids is 1. The molecule has 6 heteroatoms. The lowest BCUT2D eigenvalue weighted by atomic mass is 10.2. The number of aliphatic hydroxyl groups excluding tert-OH is 1. The Morgan fingerprint density at radius 2 is 2.13 bits per heavy atom. The highest BCUT2D eigenvalue weighted by molar-refractivity contribution is 7.21. The van der Waals surface area contributed by atoms with Crippen LogP contribution in [0, 0.1) is 13.8 Å². The van der Waals surface area contributed by atoms with Crippen LogP contribution in [0.1, 0.15) is 32.9 Å². The van der Waals surface area contributed by atoms with E-state index in [4.69, 9.17) is 4.42 Å². The molecule has 3 rings (SSSR count). The molecule has 3 aromatic heterocycles. The predicted molar refractivity (Wildman–Crippen MR) is 93.1 cm³/mol. The molecular weight excluding hydrogens is 330 g/mol. The summed E-state index contributed by atoms with van der Waals surface area (Å²) in [5.74, 6) is 1.06. The lowest BCUT2D eigenvalue weighted by Crippen LogP contribution is -2.28. The van der Waals surface area contributed by atoms with Gasteiger partial charge >= 0.3 is 0 Å². The molecule has 23 heavy (non-hydrogen) atoms. The molecule has 3 aromatic rings. The van der Waals surface area contributed by atoms with Gasteiger partial charge in [0.25, 0.3) is 5.91 Å². The fraction of sp³-hybridized carbons (Fsp3) is 0.235. The third kappa shape index (κ3) is 3.55. The van der Waals surface area contributed by atoms with Crippen molar-refractivity contribution >= 4 is 28.6 Å². The summed E-state index contributed by atoms with van der Waals surface area (Å²) in [6, 6.07) is 9.67. The van der Waals surface area contributed by atoms with Gasteiger partial charge in [0.1, 0.15) is 17.6 Å². The Bertz CT molecular complexity index is 802. The van der Waals surface area contributed by atoms with E-state index >= 15 is 0 Å². The van der Waals surface area contributed by atoms with Gasteiger partial charge in [0.05, 0.1) is 5.56 Å². The van der Waals surface area contributed by atoms with Crippen molar-refractivity contribution in [3.63, 3.8) is 0 Å². The summed E-state index contributed by atoms with van der Waals surface area (Å²) < 4.78 is 5.35. The molecule has 0 aliphatic heterocycles. The predicted octanol–water partition coefficient (Wildman–Crippen LogP) is 4.15. The van der Waals surface area contributed by atoms with E-state index in [0.717, 1.165) is 9.75 Å². The first-order chi connectivity index (χ1) is 11.0. The van der Waals surface area contributed by atoms with E-state index in [1.165, 1.54) is 4.88 Å². The van der Waals surface area contributed by atoms with Gasteiger partial charge < -0.3 is 14.8 Å². The highest BCUT2D eigenvalue weighted by Gasteiger charge is 2.16. The largest absolute Gasteiger partial charge is 0.466 e. The van der Waals surface area contributed by atoms with E-state index in [-0.39, 0.29) is 12.5 Å². The Morgan fingerprint density at radius 3 is 2.78 bits per heavy atom. The average Bonchev–Trinajstić information content (AvgIpc) is 3.24. The van der Waals surface area contributed by atoms with Crippen molar-refractivity contribution in [3.8, 4) is 9.75 Å². The summed E-state index contributed by atoms with van der Waals surface area (Å²) in [7, 11) is 0. The van der Waals surface area contributed by atoms with E-state index in [1.807, 2.05) is 23.6 Å². The minimum absolute atomic E-state index is 0.174. The number of aliphatic hydroxyl groups is 1. The van der Waals surface area contributed by atoms with Gasteiger partial charge in [-0.05, 0) is 43.5 Å². The zero-order valence-electron chi connectivity index (χ0n) is 12.8. The van der Waals surface area contributed by atoms with Gasteiger partial charge in [-0.3, -0.25) is 4.79 Å². The highest BCUT2D eigenvalue weighted by Crippen LogP contribution is 2.33. The number of hydrogen-bond donors (Lipinski definition) is 2. The van der Waals surface area contributed by atoms with Gasteiger partial charge in [0.15, 0.2) is 0 Å². The lowest BCUT2D eigenvalue weighted by Gasteiger charge is -2.09. The van der Waals surface area contributed by atoms with Gasteiger partial charge in [0, 0.05) is 21.2 Å². The van der Waals surface area contributed by atoms with Crippen molar-refractivity contribution < 1.29 is 14.3 Å². The standard InChI is InChI=1S/C17H17NO3S2/c1-10-8-12(11(2)21-10)17(20)18-9-13(19)14-5-6-16(23-14)15-4-3-7-22-15/h3-8,13,19H,9H2,1-2H3,(H,18,20). The smallest absolute Gasteiger partial charge is 0.254 e. The summed E-state index contributed by atoms with van der Waals surface area (Å²) in [5.41, 5.74) is 0.514. The molecule has 120 valence electrons. The van der Waals surface area contributed by atoms with Crippen LogP contribution in [-0.4, -0.2) is 17.6 Å². The summed E-state index contributed by atoms with van der Waals surface area (Å²) in [6.07, 6.45) is -0.717. The van der Waals surface area contributed by atoms with E-state index in [9.17, 15) is 9.90 Å². The van der Waals surface area contributed by atoms with Crippen LogP contribution in [0.25, 0.3) is 9.75 Å². The molecule has 4 nitrogen and oxygen atoms in total. The molecule has 0 saturated heterocycles. The van der Waals surface area contributed by atoms with Gasteiger partial charge in [-0.15, -0.1) is 22.7 Å². The molecule has 0 aliphatic carbocycles. The first kappa shape index (κ1) is 16.0. The molecule has 0 fully saturated rings. The van der Waals surface area contributed by atoms with Crippen LogP contribution in [0.5, 0.6) is 0 Å². The fourth-order valence-corrected chi connectivity index (χ4v) is 4.15. The maximum atomic E-state index is 12.1. The van der Waals surface area contributed by atoms with E-state index in [2.05, 4.69) is 11.4 Å². The summed E-state index contributed by atoms with van der Waals surface area (Å²) in [4.78, 5) is 15.3. The van der Waals surface area contributed by atoms with E-state index in [0.29, 0.717) is 17.1 Å². The molecule has 0 radical (unpaired) electrons. The molecule has 1 amide bonds. The molecular formula is C17H17NO3S2. The number of aryl methyl sites for hydroxylation is 2. The SMILES string of the molecule is Cc1cc(C(=O)NCC(O)c2ccc(-c3cccs3)s2)c(C)o1. The fourth-order valence-electron chi connectivity index (χ4n) is 2.32. The van der Waals surface area contributed by atoms with E-state index in [1.54, 1.807) is 42.6 Å². The van der Waals surface area contributed by atoms with Gasteiger partial charge in [0.2, 0.25) is 0 Å². The Labute approximate surface area is 142 Å². The molecule has 0 spiro atoms. The molecule has 1 unspecified atom stereocenters. The van der Waals surface area contributed by atoms with Crippen LogP contribution in [0.15, 0.2) is 40.1 Å². The Kier molecular flexibility index (Phi) is 4.66. The molecule has 0 aliphatic rings. The van der Waals surface area contributed by atoms with Crippen LogP contribution in [0.2, 0.25) is 0 Å². The number of furan rings is 1. The third-order valence-corrected chi connectivity index (χ3v) is 5.71. The van der Waals surface area contributed by atoms with Crippen LogP contribution in [0.3, 0.4) is 0 Å². The van der Waals surface area contributed by atoms with E-state index < -0.39 is 6.10 Å². The Morgan fingerprint density at radius 1 is 1.30 bits per heavy atom. The quantitative estimate of drug-likeness (QED) is 0.729. The third-order valence-electron chi connectivity index (χ3n) is 3.46. The number of amides is 1. The van der Waals surface area contributed by atoms with Crippen molar-refractivity contribution in [2.45, 2.75) is 20.0 Å². The molecule has 0 bridgehead atoms. The summed E-state index contributed by atoms with van der Waals surface area (Å²) in [5, 5.41) is 15.1. The summed E-state index contributed by atoms with van der Waals surface area (Å²) >= 11 is 3.21. The van der Waals surface area contributed by atoms with Crippen molar-refractivity contribution in [2.75, 3.05) is 6.54 Å². The monoisotopic (exact) mass is 347 g/mol. The zero-order valence-corrected chi connectivity index (χ0v) is 14.5. The van der Waals surface area contributed by atoms with Crippen molar-refractivity contribution in [3.05, 3.63) is 57.7 Å². The Balaban J connectivity index is 1.62. The molecule has 2 N–H and O–H groups in total. The number of nitrogens with one attached hydrogen (secondary N) is 1. The van der Waals surface area contributed by atoms with Gasteiger partial charge in [-0.25, -0.2) is 0 Å². The second-order valence-electron chi connectivity index (χ2n) is 5.23. The maximum absolute atomic E-state index is 12.1. The second kappa shape index (κ2) is 6.70. The van der Waals surface area contributed by atoms with Gasteiger partial charge in [-0.1, -0.05) is 6.07 Å². The van der Waals surface area contributed by atoms with Crippen molar-refractivity contribution in [1.29, 1.82) is 0 Å². The minimum atomic E-state index is -0.717. The lowest BCUT2D eigenvalue weighted by molar-refractivity contribution is 0.0916. The number of rotatable bonds is 5. The number of carbonyl (C=O) groups is 1. The molecule has 1 atom stereocenters. The van der Waals surface area contributed by atoms with Crippen LogP contribution in [-0.2, 0) is 0 Å². The summed E-state index contributed by atoms with van der Waals surface area (Å²) in [6.45, 7) is 3.73. The van der Waals surface area contributed by atoms with Gasteiger partial charge in [-0.2, -0.15) is 0 Å².